The van der Waals surface area contributed by atoms with Crippen molar-refractivity contribution in [2.75, 3.05) is 54.1 Å². The van der Waals surface area contributed by atoms with Crippen LogP contribution in [0, 0.1) is 5.92 Å². The predicted molar refractivity (Wildman–Crippen MR) is 131 cm³/mol. The van der Waals surface area contributed by atoms with Gasteiger partial charge in [0.15, 0.2) is 10.0 Å². The van der Waals surface area contributed by atoms with E-state index in [0.29, 0.717) is 37.1 Å². The van der Waals surface area contributed by atoms with Crippen LogP contribution in [0.2, 0.25) is 0 Å². The molecule has 1 saturated heterocycles. The second kappa shape index (κ2) is 11.7. The lowest BCUT2D eigenvalue weighted by molar-refractivity contribution is -0.116. The minimum absolute atomic E-state index is 0.0115. The van der Waals surface area contributed by atoms with Crippen molar-refractivity contribution >= 4 is 45.6 Å². The fraction of sp³-hybridized carbons (Fsp3) is 0.650. The molecular formula is C20H31N7O4S2. The Balaban J connectivity index is 1.79. The first kappa shape index (κ1) is 25.2. The lowest BCUT2D eigenvalue weighted by Gasteiger charge is -2.25. The maximum atomic E-state index is 13.2. The molecule has 1 fully saturated rings. The van der Waals surface area contributed by atoms with Gasteiger partial charge in [0.25, 0.3) is 5.56 Å². The van der Waals surface area contributed by atoms with E-state index in [2.05, 4.69) is 20.1 Å². The van der Waals surface area contributed by atoms with E-state index in [1.165, 1.54) is 32.6 Å². The molecule has 13 heteroatoms. The molecule has 0 aromatic carbocycles. The van der Waals surface area contributed by atoms with Gasteiger partial charge in [-0.1, -0.05) is 50.3 Å². The summed E-state index contributed by atoms with van der Waals surface area (Å²) < 4.78 is 7.36. The summed E-state index contributed by atoms with van der Waals surface area (Å²) in [4.78, 5) is 44.0. The van der Waals surface area contributed by atoms with Crippen LogP contribution in [0.3, 0.4) is 0 Å². The number of anilines is 3. The van der Waals surface area contributed by atoms with Crippen LogP contribution in [0.1, 0.15) is 33.6 Å². The van der Waals surface area contributed by atoms with Crippen LogP contribution >= 0.6 is 23.1 Å². The summed E-state index contributed by atoms with van der Waals surface area (Å²) in [7, 11) is 0. The van der Waals surface area contributed by atoms with Crippen LogP contribution in [0.25, 0.3) is 0 Å². The third-order valence-corrected chi connectivity index (χ3v) is 7.17. The third kappa shape index (κ3) is 6.36. The summed E-state index contributed by atoms with van der Waals surface area (Å²) in [6, 6.07) is 0. The number of amides is 1. The molecule has 3 N–H and O–H groups in total. The number of nitrogens with one attached hydrogen (secondary N) is 1. The SMILES string of the molecule is CCCCN(C(=O)CSc1nnc(N2CCOCC2)s1)c1c(N)n(CC(C)C)c(=O)[nH]c1=O. The Morgan fingerprint density at radius 3 is 2.70 bits per heavy atom. The zero-order valence-electron chi connectivity index (χ0n) is 19.2. The molecule has 0 atom stereocenters. The average Bonchev–Trinajstić information content (AvgIpc) is 3.26. The maximum Gasteiger partial charge on any atom is 0.330 e. The molecule has 11 nitrogen and oxygen atoms in total. The molecule has 3 rings (SSSR count). The van der Waals surface area contributed by atoms with Gasteiger partial charge < -0.3 is 20.3 Å². The van der Waals surface area contributed by atoms with Crippen molar-refractivity contribution in [1.82, 2.24) is 19.7 Å². The van der Waals surface area contributed by atoms with Crippen molar-refractivity contribution < 1.29 is 9.53 Å². The standard InChI is InChI=1S/C20H31N7O4S2/c1-4-5-6-26(15-16(21)27(11-13(2)3)18(30)22-17(15)29)14(28)12-32-20-24-23-19(33-20)25-7-9-31-10-8-25/h13H,4-12,21H2,1-3H3,(H,22,29,30). The monoisotopic (exact) mass is 497 g/mol. The Hall–Kier alpha value is -2.38. The first-order valence-electron chi connectivity index (χ1n) is 11.0. The van der Waals surface area contributed by atoms with Crippen LogP contribution in [0.5, 0.6) is 0 Å². The number of nitrogens with two attached hydrogens (primary N) is 1. The number of thioether (sulfide) groups is 1. The molecular weight excluding hydrogens is 466 g/mol. The molecule has 1 aliphatic heterocycles. The molecule has 2 aromatic rings. The summed E-state index contributed by atoms with van der Waals surface area (Å²) >= 11 is 2.70. The second-order valence-corrected chi connectivity index (χ2v) is 10.3. The predicted octanol–water partition coefficient (Wildman–Crippen LogP) is 1.39. The maximum absolute atomic E-state index is 13.2. The van der Waals surface area contributed by atoms with Crippen molar-refractivity contribution in [1.29, 1.82) is 0 Å². The molecule has 182 valence electrons. The molecule has 0 aliphatic carbocycles. The minimum atomic E-state index is -0.655. The number of carbonyl (C=O) groups is 1. The Bertz CT molecular complexity index is 1060. The van der Waals surface area contributed by atoms with Crippen LogP contribution in [0.4, 0.5) is 16.6 Å². The zero-order chi connectivity index (χ0) is 24.0. The molecule has 33 heavy (non-hydrogen) atoms. The van der Waals surface area contributed by atoms with Crippen molar-refractivity contribution in [2.24, 2.45) is 5.92 Å². The Labute approximate surface area is 200 Å². The van der Waals surface area contributed by atoms with Gasteiger partial charge in [0.05, 0.1) is 19.0 Å². The highest BCUT2D eigenvalue weighted by atomic mass is 32.2. The number of hydrogen-bond acceptors (Lipinski definition) is 10. The molecule has 0 bridgehead atoms. The van der Waals surface area contributed by atoms with Crippen LogP contribution in [-0.2, 0) is 16.1 Å². The number of morpholine rings is 1. The number of carbonyl (C=O) groups excluding carboxylic acids is 1. The fourth-order valence-corrected chi connectivity index (χ4v) is 5.18. The van der Waals surface area contributed by atoms with E-state index in [1.54, 1.807) is 0 Å². The lowest BCUT2D eigenvalue weighted by Crippen LogP contribution is -2.42. The Morgan fingerprint density at radius 1 is 1.30 bits per heavy atom. The first-order chi connectivity index (χ1) is 15.8. The van der Waals surface area contributed by atoms with Gasteiger partial charge in [-0.15, -0.1) is 10.2 Å². The van der Waals surface area contributed by atoms with Crippen molar-refractivity contribution in [2.45, 2.75) is 44.5 Å². The van der Waals surface area contributed by atoms with Crippen LogP contribution in [0.15, 0.2) is 13.9 Å². The van der Waals surface area contributed by atoms with Gasteiger partial charge in [0.2, 0.25) is 11.0 Å². The number of unbranched alkanes of at least 4 members (excludes halogenated alkanes) is 1. The summed E-state index contributed by atoms with van der Waals surface area (Å²) in [6.45, 7) is 9.39. The molecule has 2 aromatic heterocycles. The number of nitrogens with zero attached hydrogens (tertiary/aromatic N) is 5. The van der Waals surface area contributed by atoms with E-state index in [0.717, 1.165) is 24.6 Å². The van der Waals surface area contributed by atoms with Gasteiger partial charge in [0, 0.05) is 26.2 Å². The zero-order valence-corrected chi connectivity index (χ0v) is 20.8. The lowest BCUT2D eigenvalue weighted by atomic mass is 10.2. The van der Waals surface area contributed by atoms with E-state index in [-0.39, 0.29) is 29.1 Å². The molecule has 1 aliphatic rings. The average molecular weight is 498 g/mol. The smallest absolute Gasteiger partial charge is 0.330 e. The summed E-state index contributed by atoms with van der Waals surface area (Å²) in [6.07, 6.45) is 1.53. The minimum Gasteiger partial charge on any atom is -0.383 e. The van der Waals surface area contributed by atoms with Gasteiger partial charge in [-0.3, -0.25) is 19.1 Å². The number of nitrogen functional groups attached to an aromatic ring is 1. The van der Waals surface area contributed by atoms with E-state index >= 15 is 0 Å². The highest BCUT2D eigenvalue weighted by Gasteiger charge is 2.25. The van der Waals surface area contributed by atoms with Crippen LogP contribution in [-0.4, -0.2) is 64.3 Å². The second-order valence-electron chi connectivity index (χ2n) is 8.14. The van der Waals surface area contributed by atoms with E-state index in [1.807, 2.05) is 20.8 Å². The molecule has 0 spiro atoms. The molecule has 0 unspecified atom stereocenters. The third-order valence-electron chi connectivity index (χ3n) is 5.06. The first-order valence-corrected chi connectivity index (χ1v) is 12.8. The summed E-state index contributed by atoms with van der Waals surface area (Å²) in [5, 5.41) is 9.22. The number of aromatic amines is 1. The normalized spacial score (nSPS) is 14.1. The number of rotatable bonds is 10. The number of H-pyrrole nitrogens is 1. The van der Waals surface area contributed by atoms with Crippen LogP contribution < -0.4 is 26.8 Å². The highest BCUT2D eigenvalue weighted by Crippen LogP contribution is 2.29. The van der Waals surface area contributed by atoms with E-state index in [4.69, 9.17) is 10.5 Å². The number of hydrogen-bond donors (Lipinski definition) is 2. The van der Waals surface area contributed by atoms with Gasteiger partial charge in [-0.25, -0.2) is 4.79 Å². The van der Waals surface area contributed by atoms with Crippen molar-refractivity contribution in [3.63, 3.8) is 0 Å². The van der Waals surface area contributed by atoms with Crippen molar-refractivity contribution in [3.05, 3.63) is 20.8 Å². The molecule has 0 saturated carbocycles. The fourth-order valence-electron chi connectivity index (χ4n) is 3.41. The Kier molecular flexibility index (Phi) is 8.92. The summed E-state index contributed by atoms with van der Waals surface area (Å²) in [5.41, 5.74) is 5.04. The molecule has 1 amide bonds. The highest BCUT2D eigenvalue weighted by molar-refractivity contribution is 8.01. The number of aromatic nitrogens is 4. The van der Waals surface area contributed by atoms with Gasteiger partial charge in [-0.2, -0.15) is 0 Å². The molecule has 0 radical (unpaired) electrons. The Morgan fingerprint density at radius 2 is 2.03 bits per heavy atom. The van der Waals surface area contributed by atoms with E-state index in [9.17, 15) is 14.4 Å². The van der Waals surface area contributed by atoms with E-state index < -0.39 is 11.2 Å². The van der Waals surface area contributed by atoms with Gasteiger partial charge in [-0.05, 0) is 12.3 Å². The van der Waals surface area contributed by atoms with Gasteiger partial charge >= 0.3 is 5.69 Å². The quantitative estimate of drug-likeness (QED) is 0.466. The van der Waals surface area contributed by atoms with Gasteiger partial charge in [0.1, 0.15) is 5.82 Å². The summed E-state index contributed by atoms with van der Waals surface area (Å²) in [5.74, 6) is -0.0537. The largest absolute Gasteiger partial charge is 0.383 e. The van der Waals surface area contributed by atoms with Crippen molar-refractivity contribution in [3.8, 4) is 0 Å². The number of ether oxygens (including phenoxy) is 1. The topological polar surface area (TPSA) is 139 Å². The molecule has 3 heterocycles.